The topological polar surface area (TPSA) is 40.5 Å². The summed E-state index contributed by atoms with van der Waals surface area (Å²) in [6.45, 7) is 0. The number of phenolic OH excluding ortho intramolecular Hbond substituents is 2. The molecule has 0 saturated carbocycles. The lowest BCUT2D eigenvalue weighted by atomic mass is 9.81. The molecule has 0 aliphatic rings. The van der Waals surface area contributed by atoms with Crippen LogP contribution in [0.25, 0.3) is 0 Å². The van der Waals surface area contributed by atoms with Crippen LogP contribution in [0.2, 0.25) is 0 Å². The molecule has 0 bridgehead atoms. The second-order valence-electron chi connectivity index (χ2n) is 5.33. The van der Waals surface area contributed by atoms with Crippen molar-refractivity contribution in [2.45, 2.75) is 5.67 Å². The first-order chi connectivity index (χ1) is 11.4. The van der Waals surface area contributed by atoms with Crippen LogP contribution in [-0.4, -0.2) is 10.2 Å². The monoisotopic (exact) mass is 330 g/mol. The minimum absolute atomic E-state index is 0.0236. The van der Waals surface area contributed by atoms with E-state index < -0.39 is 28.6 Å². The first kappa shape index (κ1) is 15.9. The van der Waals surface area contributed by atoms with Crippen molar-refractivity contribution in [1.29, 1.82) is 0 Å². The molecule has 0 aliphatic heterocycles. The van der Waals surface area contributed by atoms with Crippen LogP contribution in [0.15, 0.2) is 66.7 Å². The number of alkyl halides is 1. The lowest BCUT2D eigenvalue weighted by Gasteiger charge is -2.28. The Hall–Kier alpha value is -2.95. The van der Waals surface area contributed by atoms with Crippen LogP contribution in [0.4, 0.5) is 13.2 Å². The number of halogens is 3. The maximum atomic E-state index is 16.1. The Balaban J connectivity index is 2.31. The fourth-order valence-electron chi connectivity index (χ4n) is 2.64. The van der Waals surface area contributed by atoms with Crippen LogP contribution in [0.3, 0.4) is 0 Å². The fraction of sp³-hybridized carbons (Fsp3) is 0.0526. The summed E-state index contributed by atoms with van der Waals surface area (Å²) >= 11 is 0. The summed E-state index contributed by atoms with van der Waals surface area (Å²) in [4.78, 5) is 0. The quantitative estimate of drug-likeness (QED) is 0.687. The van der Waals surface area contributed by atoms with Crippen molar-refractivity contribution in [3.8, 4) is 11.5 Å². The van der Waals surface area contributed by atoms with Gasteiger partial charge in [-0.3, -0.25) is 0 Å². The average Bonchev–Trinajstić information content (AvgIpc) is 2.60. The Morgan fingerprint density at radius 3 is 1.88 bits per heavy atom. The van der Waals surface area contributed by atoms with Gasteiger partial charge in [-0.25, -0.2) is 8.78 Å². The molecule has 122 valence electrons. The molecule has 24 heavy (non-hydrogen) atoms. The first-order valence-corrected chi connectivity index (χ1v) is 7.16. The minimum atomic E-state index is -2.49. The number of benzene rings is 3. The third-order valence-corrected chi connectivity index (χ3v) is 3.87. The summed E-state index contributed by atoms with van der Waals surface area (Å²) in [5.41, 5.74) is -2.93. The van der Waals surface area contributed by atoms with E-state index in [2.05, 4.69) is 0 Å². The van der Waals surface area contributed by atoms with E-state index in [0.29, 0.717) is 0 Å². The van der Waals surface area contributed by atoms with Crippen molar-refractivity contribution in [3.05, 3.63) is 95.1 Å². The molecule has 3 rings (SSSR count). The summed E-state index contributed by atoms with van der Waals surface area (Å²) in [7, 11) is 0. The molecular formula is C19H13F3O2. The molecule has 1 unspecified atom stereocenters. The van der Waals surface area contributed by atoms with Crippen LogP contribution in [0, 0.1) is 11.6 Å². The Morgan fingerprint density at radius 1 is 0.667 bits per heavy atom. The smallest absolute Gasteiger partial charge is 0.200 e. The van der Waals surface area contributed by atoms with Crippen molar-refractivity contribution in [2.75, 3.05) is 0 Å². The van der Waals surface area contributed by atoms with Crippen LogP contribution in [0.5, 0.6) is 11.5 Å². The molecule has 0 heterocycles. The molecule has 0 aromatic heterocycles. The van der Waals surface area contributed by atoms with E-state index in [1.165, 1.54) is 36.4 Å². The molecule has 0 radical (unpaired) electrons. The fourth-order valence-corrected chi connectivity index (χ4v) is 2.64. The molecule has 0 saturated heterocycles. The van der Waals surface area contributed by atoms with E-state index in [4.69, 9.17) is 0 Å². The van der Waals surface area contributed by atoms with Gasteiger partial charge in [-0.15, -0.1) is 0 Å². The summed E-state index contributed by atoms with van der Waals surface area (Å²) < 4.78 is 44.3. The maximum absolute atomic E-state index is 16.1. The standard InChI is InChI=1S/C19H13F3O2/c20-17-15(10-11-16(24)18(17)21)19(22,12-4-2-1-3-5-12)13-6-8-14(23)9-7-13/h1-11,23-24H. The minimum Gasteiger partial charge on any atom is -0.508 e. The van der Waals surface area contributed by atoms with E-state index in [0.717, 1.165) is 12.1 Å². The van der Waals surface area contributed by atoms with Gasteiger partial charge in [0.15, 0.2) is 17.2 Å². The molecule has 0 aliphatic carbocycles. The van der Waals surface area contributed by atoms with Crippen molar-refractivity contribution < 1.29 is 23.4 Å². The Labute approximate surface area is 136 Å². The van der Waals surface area contributed by atoms with E-state index >= 15 is 4.39 Å². The van der Waals surface area contributed by atoms with Crippen molar-refractivity contribution in [3.63, 3.8) is 0 Å². The lowest BCUT2D eigenvalue weighted by molar-refractivity contribution is 0.266. The highest BCUT2D eigenvalue weighted by Crippen LogP contribution is 2.43. The average molecular weight is 330 g/mol. The predicted octanol–water partition coefficient (Wildman–Crippen LogP) is 4.64. The van der Waals surface area contributed by atoms with Crippen LogP contribution in [0.1, 0.15) is 16.7 Å². The van der Waals surface area contributed by atoms with E-state index in [9.17, 15) is 19.0 Å². The number of aromatic hydroxyl groups is 2. The molecular weight excluding hydrogens is 317 g/mol. The van der Waals surface area contributed by atoms with Gasteiger partial charge in [-0.05, 0) is 35.4 Å². The molecule has 1 atom stereocenters. The van der Waals surface area contributed by atoms with Crippen LogP contribution < -0.4 is 0 Å². The second kappa shape index (κ2) is 5.92. The molecule has 0 fully saturated rings. The lowest BCUT2D eigenvalue weighted by Crippen LogP contribution is -2.25. The largest absolute Gasteiger partial charge is 0.508 e. The molecule has 3 aromatic rings. The van der Waals surface area contributed by atoms with Crippen LogP contribution in [-0.2, 0) is 5.67 Å². The van der Waals surface area contributed by atoms with E-state index in [-0.39, 0.29) is 16.9 Å². The highest BCUT2D eigenvalue weighted by molar-refractivity contribution is 5.50. The Bertz CT molecular complexity index is 864. The van der Waals surface area contributed by atoms with E-state index in [1.54, 1.807) is 18.2 Å². The number of rotatable bonds is 3. The molecule has 0 spiro atoms. The molecule has 5 heteroatoms. The SMILES string of the molecule is Oc1ccc(C(F)(c2ccccc2)c2ccc(O)c(F)c2F)cc1. The van der Waals surface area contributed by atoms with E-state index in [1.807, 2.05) is 0 Å². The third-order valence-electron chi connectivity index (χ3n) is 3.87. The van der Waals surface area contributed by atoms with Gasteiger partial charge in [0.1, 0.15) is 5.75 Å². The number of phenols is 2. The summed E-state index contributed by atoms with van der Waals surface area (Å²) in [6, 6.07) is 14.8. The molecule has 2 N–H and O–H groups in total. The number of hydrogen-bond donors (Lipinski definition) is 2. The van der Waals surface area contributed by atoms with Gasteiger partial charge in [0.2, 0.25) is 5.82 Å². The third kappa shape index (κ3) is 2.48. The Morgan fingerprint density at radius 2 is 1.25 bits per heavy atom. The second-order valence-corrected chi connectivity index (χ2v) is 5.33. The van der Waals surface area contributed by atoms with Gasteiger partial charge in [0.05, 0.1) is 0 Å². The zero-order chi connectivity index (χ0) is 17.3. The van der Waals surface area contributed by atoms with Gasteiger partial charge in [0.25, 0.3) is 0 Å². The zero-order valence-corrected chi connectivity index (χ0v) is 12.4. The summed E-state index contributed by atoms with van der Waals surface area (Å²) in [6.07, 6.45) is 0. The Kier molecular flexibility index (Phi) is 3.93. The van der Waals surface area contributed by atoms with Gasteiger partial charge in [-0.1, -0.05) is 42.5 Å². The maximum Gasteiger partial charge on any atom is 0.200 e. The first-order valence-electron chi connectivity index (χ1n) is 7.16. The number of hydrogen-bond acceptors (Lipinski definition) is 2. The van der Waals surface area contributed by atoms with Crippen molar-refractivity contribution >= 4 is 0 Å². The van der Waals surface area contributed by atoms with Gasteiger partial charge >= 0.3 is 0 Å². The summed E-state index contributed by atoms with van der Waals surface area (Å²) in [5, 5.41) is 18.7. The summed E-state index contributed by atoms with van der Waals surface area (Å²) in [5.74, 6) is -3.94. The van der Waals surface area contributed by atoms with Crippen molar-refractivity contribution in [2.24, 2.45) is 0 Å². The highest BCUT2D eigenvalue weighted by Gasteiger charge is 2.40. The van der Waals surface area contributed by atoms with Gasteiger partial charge < -0.3 is 10.2 Å². The molecule has 0 amide bonds. The zero-order valence-electron chi connectivity index (χ0n) is 12.4. The van der Waals surface area contributed by atoms with Crippen molar-refractivity contribution in [1.82, 2.24) is 0 Å². The molecule has 2 nitrogen and oxygen atoms in total. The normalized spacial score (nSPS) is 13.5. The highest BCUT2D eigenvalue weighted by atomic mass is 19.2. The predicted molar refractivity (Wildman–Crippen MR) is 83.6 cm³/mol. The van der Waals surface area contributed by atoms with Gasteiger partial charge in [-0.2, -0.15) is 4.39 Å². The van der Waals surface area contributed by atoms with Gasteiger partial charge in [0, 0.05) is 5.56 Å². The molecule has 3 aromatic carbocycles. The van der Waals surface area contributed by atoms with Crippen LogP contribution >= 0.6 is 0 Å².